The quantitative estimate of drug-likeness (QED) is 0.447. The van der Waals surface area contributed by atoms with Crippen LogP contribution >= 0.6 is 0 Å². The number of hydrogen-bond donors (Lipinski definition) is 2. The summed E-state index contributed by atoms with van der Waals surface area (Å²) in [6.07, 6.45) is 3.28. The molecule has 0 aliphatic rings. The average Bonchev–Trinajstić information content (AvgIpc) is 3.43. The lowest BCUT2D eigenvalue weighted by molar-refractivity contribution is -0.121. The molecule has 2 N–H and O–H groups in total. The number of carbonyl (C=O) groups is 1. The highest BCUT2D eigenvalue weighted by molar-refractivity contribution is 5.76. The molecule has 1 atom stereocenters. The van der Waals surface area contributed by atoms with Crippen LogP contribution in [0.15, 0.2) is 65.3 Å². The van der Waals surface area contributed by atoms with Crippen LogP contribution in [0.4, 0.5) is 8.78 Å². The monoisotopic (exact) mass is 422 g/mol. The number of carbonyl (C=O) groups excluding carboxylic acids is 1. The van der Waals surface area contributed by atoms with Gasteiger partial charge in [-0.1, -0.05) is 36.4 Å². The summed E-state index contributed by atoms with van der Waals surface area (Å²) in [6, 6.07) is 13.0. The van der Waals surface area contributed by atoms with Crippen LogP contribution in [0.3, 0.4) is 0 Å². The molecule has 0 aliphatic carbocycles. The minimum absolute atomic E-state index is 0.0107. The molecule has 6 nitrogen and oxygen atoms in total. The first-order valence-corrected chi connectivity index (χ1v) is 9.80. The zero-order valence-electron chi connectivity index (χ0n) is 16.7. The lowest BCUT2D eigenvalue weighted by Crippen LogP contribution is -2.27. The number of oxazole rings is 1. The fourth-order valence-electron chi connectivity index (χ4n) is 3.20. The Labute approximate surface area is 177 Å². The molecule has 4 rings (SSSR count). The molecule has 0 saturated heterocycles. The standard InChI is InChI=1S/C23H20F2N4O2/c1-14(23-27-12-18(29-23)15-6-3-2-4-7-15)28-20(30)10-11-21-26-13-19(31-21)22-16(24)8-5-9-17(22)25/h2-9,12-14H,10-11H2,1H3,(H,27,29)(H,28,30). The first-order valence-electron chi connectivity index (χ1n) is 9.80. The molecule has 0 saturated carbocycles. The molecule has 31 heavy (non-hydrogen) atoms. The summed E-state index contributed by atoms with van der Waals surface area (Å²) in [5, 5.41) is 2.87. The maximum absolute atomic E-state index is 13.9. The largest absolute Gasteiger partial charge is 0.441 e. The van der Waals surface area contributed by atoms with Crippen molar-refractivity contribution in [1.82, 2.24) is 20.3 Å². The molecule has 2 aromatic heterocycles. The summed E-state index contributed by atoms with van der Waals surface area (Å²) in [6.45, 7) is 1.83. The van der Waals surface area contributed by atoms with Gasteiger partial charge >= 0.3 is 0 Å². The Morgan fingerprint density at radius 1 is 1.06 bits per heavy atom. The molecule has 2 aromatic carbocycles. The van der Waals surface area contributed by atoms with Crippen molar-refractivity contribution >= 4 is 5.91 Å². The molecule has 4 aromatic rings. The average molecular weight is 422 g/mol. The predicted octanol–water partition coefficient (Wildman–Crippen LogP) is 4.82. The minimum Gasteiger partial charge on any atom is -0.441 e. The number of halogens is 2. The van der Waals surface area contributed by atoms with Crippen molar-refractivity contribution in [2.45, 2.75) is 25.8 Å². The number of rotatable bonds is 7. The van der Waals surface area contributed by atoms with Gasteiger partial charge in [-0.2, -0.15) is 0 Å². The second kappa shape index (κ2) is 8.91. The Kier molecular flexibility index (Phi) is 5.88. The fourth-order valence-corrected chi connectivity index (χ4v) is 3.20. The fraction of sp³-hybridized carbons (Fsp3) is 0.174. The van der Waals surface area contributed by atoms with E-state index in [1.165, 1.54) is 12.3 Å². The first kappa shape index (κ1) is 20.5. The van der Waals surface area contributed by atoms with Gasteiger partial charge in [-0.25, -0.2) is 18.7 Å². The zero-order chi connectivity index (χ0) is 21.8. The van der Waals surface area contributed by atoms with Crippen molar-refractivity contribution in [2.75, 3.05) is 0 Å². The summed E-state index contributed by atoms with van der Waals surface area (Å²) < 4.78 is 33.2. The molecule has 1 amide bonds. The molecular formula is C23H20F2N4O2. The molecule has 0 fully saturated rings. The van der Waals surface area contributed by atoms with E-state index in [2.05, 4.69) is 20.3 Å². The second-order valence-electron chi connectivity index (χ2n) is 7.05. The van der Waals surface area contributed by atoms with Gasteiger partial charge < -0.3 is 14.7 Å². The van der Waals surface area contributed by atoms with Crippen LogP contribution in [-0.2, 0) is 11.2 Å². The first-order chi connectivity index (χ1) is 15.0. The number of nitrogens with one attached hydrogen (secondary N) is 2. The third-order valence-corrected chi connectivity index (χ3v) is 4.80. The second-order valence-corrected chi connectivity index (χ2v) is 7.05. The number of benzene rings is 2. The van der Waals surface area contributed by atoms with E-state index in [1.807, 2.05) is 37.3 Å². The molecule has 0 radical (unpaired) electrons. The van der Waals surface area contributed by atoms with E-state index in [-0.39, 0.29) is 42.0 Å². The Hall–Kier alpha value is -3.81. The van der Waals surface area contributed by atoms with Crippen molar-refractivity contribution < 1.29 is 18.0 Å². The lowest BCUT2D eigenvalue weighted by atomic mass is 10.1. The van der Waals surface area contributed by atoms with Gasteiger partial charge in [0.2, 0.25) is 5.91 Å². The van der Waals surface area contributed by atoms with Gasteiger partial charge in [0.15, 0.2) is 11.7 Å². The molecule has 0 bridgehead atoms. The van der Waals surface area contributed by atoms with E-state index in [9.17, 15) is 13.6 Å². The highest BCUT2D eigenvalue weighted by Gasteiger charge is 2.17. The topological polar surface area (TPSA) is 83.8 Å². The van der Waals surface area contributed by atoms with Crippen LogP contribution in [0.2, 0.25) is 0 Å². The zero-order valence-corrected chi connectivity index (χ0v) is 16.7. The van der Waals surface area contributed by atoms with Gasteiger partial charge in [-0.3, -0.25) is 4.79 Å². The highest BCUT2D eigenvalue weighted by Crippen LogP contribution is 2.27. The molecule has 0 spiro atoms. The van der Waals surface area contributed by atoms with Crippen LogP contribution < -0.4 is 5.32 Å². The van der Waals surface area contributed by atoms with Gasteiger partial charge in [-0.15, -0.1) is 0 Å². The Bertz CT molecular complexity index is 1170. The maximum Gasteiger partial charge on any atom is 0.221 e. The van der Waals surface area contributed by atoms with Crippen LogP contribution in [-0.4, -0.2) is 20.9 Å². The van der Waals surface area contributed by atoms with Crippen LogP contribution in [0.25, 0.3) is 22.6 Å². The van der Waals surface area contributed by atoms with E-state index in [0.717, 1.165) is 23.4 Å². The van der Waals surface area contributed by atoms with Crippen molar-refractivity contribution in [3.8, 4) is 22.6 Å². The smallest absolute Gasteiger partial charge is 0.221 e. The number of nitrogens with zero attached hydrogens (tertiary/aromatic N) is 2. The van der Waals surface area contributed by atoms with Crippen LogP contribution in [0.1, 0.15) is 31.1 Å². The number of amides is 1. The molecule has 2 heterocycles. The lowest BCUT2D eigenvalue weighted by Gasteiger charge is -2.11. The molecule has 8 heteroatoms. The Morgan fingerprint density at radius 2 is 1.81 bits per heavy atom. The van der Waals surface area contributed by atoms with Crippen molar-refractivity contribution in [3.63, 3.8) is 0 Å². The SMILES string of the molecule is CC(NC(=O)CCc1ncc(-c2c(F)cccc2F)o1)c1ncc(-c2ccccc2)[nH]1. The number of aromatic amines is 1. The summed E-state index contributed by atoms with van der Waals surface area (Å²) in [7, 11) is 0. The van der Waals surface area contributed by atoms with Gasteiger partial charge in [0, 0.05) is 12.8 Å². The van der Waals surface area contributed by atoms with Gasteiger partial charge in [0.05, 0.1) is 29.7 Å². The number of aromatic nitrogens is 3. The normalized spacial score (nSPS) is 12.0. The maximum atomic E-state index is 13.9. The van der Waals surface area contributed by atoms with Crippen LogP contribution in [0.5, 0.6) is 0 Å². The third kappa shape index (κ3) is 4.69. The number of H-pyrrole nitrogens is 1. The van der Waals surface area contributed by atoms with E-state index in [0.29, 0.717) is 5.82 Å². The van der Waals surface area contributed by atoms with E-state index < -0.39 is 11.6 Å². The Balaban J connectivity index is 1.34. The number of hydrogen-bond acceptors (Lipinski definition) is 4. The molecule has 0 aliphatic heterocycles. The van der Waals surface area contributed by atoms with Crippen molar-refractivity contribution in [3.05, 3.63) is 84.3 Å². The van der Waals surface area contributed by atoms with E-state index in [1.54, 1.807) is 6.20 Å². The summed E-state index contributed by atoms with van der Waals surface area (Å²) in [5.74, 6) is -0.832. The van der Waals surface area contributed by atoms with E-state index >= 15 is 0 Å². The van der Waals surface area contributed by atoms with Gasteiger partial charge in [0.1, 0.15) is 17.5 Å². The molecule has 158 valence electrons. The molecular weight excluding hydrogens is 402 g/mol. The van der Waals surface area contributed by atoms with Gasteiger partial charge in [-0.05, 0) is 24.6 Å². The third-order valence-electron chi connectivity index (χ3n) is 4.80. The molecule has 1 unspecified atom stereocenters. The number of aryl methyl sites for hydroxylation is 1. The summed E-state index contributed by atoms with van der Waals surface area (Å²) in [5.41, 5.74) is 1.60. The van der Waals surface area contributed by atoms with Gasteiger partial charge in [0.25, 0.3) is 0 Å². The Morgan fingerprint density at radius 3 is 2.55 bits per heavy atom. The summed E-state index contributed by atoms with van der Waals surface area (Å²) >= 11 is 0. The number of imidazole rings is 1. The van der Waals surface area contributed by atoms with Crippen molar-refractivity contribution in [2.24, 2.45) is 0 Å². The minimum atomic E-state index is -0.734. The van der Waals surface area contributed by atoms with Crippen LogP contribution in [0, 0.1) is 11.6 Å². The summed E-state index contributed by atoms with van der Waals surface area (Å²) in [4.78, 5) is 23.9. The van der Waals surface area contributed by atoms with E-state index in [4.69, 9.17) is 4.42 Å². The highest BCUT2D eigenvalue weighted by atomic mass is 19.1. The predicted molar refractivity (Wildman–Crippen MR) is 111 cm³/mol. The van der Waals surface area contributed by atoms with Crippen molar-refractivity contribution in [1.29, 1.82) is 0 Å².